The van der Waals surface area contributed by atoms with Gasteiger partial charge in [-0.3, -0.25) is 0 Å². The predicted molar refractivity (Wildman–Crippen MR) is 197 cm³/mol. The maximum atomic E-state index is 15.9. The number of hydrogen-bond acceptors (Lipinski definition) is 7. The maximum absolute atomic E-state index is 15.9. The number of nitrogens with zero attached hydrogens (tertiary/aromatic N) is 7. The number of aromatic nitrogens is 8. The fourth-order valence-corrected chi connectivity index (χ4v) is 8.09. The molecule has 8 bridgehead atoms. The molecule has 0 radical (unpaired) electrons. The van der Waals surface area contributed by atoms with Crippen molar-refractivity contribution >= 4 is 44.1 Å². The molecule has 13 heteroatoms. The zero-order valence-corrected chi connectivity index (χ0v) is 29.2. The van der Waals surface area contributed by atoms with E-state index >= 15 is 13.2 Å². The summed E-state index contributed by atoms with van der Waals surface area (Å²) in [6.07, 6.45) is 2.81. The van der Waals surface area contributed by atoms with Crippen LogP contribution in [0.3, 0.4) is 0 Å². The summed E-state index contributed by atoms with van der Waals surface area (Å²) < 4.78 is 62.9. The lowest BCUT2D eigenvalue weighted by molar-refractivity contribution is 0.412. The Labute approximate surface area is 299 Å². The van der Waals surface area contributed by atoms with Crippen LogP contribution in [0, 0.1) is 23.3 Å². The Morgan fingerprint density at radius 1 is 0.509 bits per heavy atom. The molecule has 2 aliphatic rings. The van der Waals surface area contributed by atoms with E-state index in [0.717, 1.165) is 51.4 Å². The van der Waals surface area contributed by atoms with Crippen molar-refractivity contribution in [3.8, 4) is 45.6 Å². The molecule has 0 saturated carbocycles. The van der Waals surface area contributed by atoms with E-state index in [0.29, 0.717) is 40.9 Å². The van der Waals surface area contributed by atoms with E-state index in [1.165, 1.54) is 10.2 Å². The molecule has 3 aromatic heterocycles. The van der Waals surface area contributed by atoms with Crippen LogP contribution in [0.4, 0.5) is 17.6 Å². The Balaban J connectivity index is 1.59. The lowest BCUT2D eigenvalue weighted by Gasteiger charge is -2.18. The van der Waals surface area contributed by atoms with Crippen molar-refractivity contribution in [2.24, 2.45) is 0 Å². The lowest BCUT2D eigenvalue weighted by Crippen LogP contribution is -2.09. The number of nitrogens with two attached hydrogens (primary N) is 1. The molecular formula is C40H31F4N9. The van der Waals surface area contributed by atoms with Crippen LogP contribution in [0.1, 0.15) is 49.9 Å². The Morgan fingerprint density at radius 3 is 1.40 bits per heavy atom. The van der Waals surface area contributed by atoms with E-state index in [2.05, 4.69) is 35.7 Å². The molecule has 0 amide bonds. The molecule has 3 N–H and O–H groups in total. The number of nitrogen functional groups attached to an aromatic ring is 1. The van der Waals surface area contributed by atoms with Crippen LogP contribution in [0.5, 0.6) is 0 Å². The van der Waals surface area contributed by atoms with Gasteiger partial charge >= 0.3 is 0 Å². The molecule has 4 aromatic carbocycles. The monoisotopic (exact) mass is 713 g/mol. The molecule has 2 aliphatic heterocycles. The van der Waals surface area contributed by atoms with Crippen molar-refractivity contribution in [3.63, 3.8) is 0 Å². The third-order valence-corrected chi connectivity index (χ3v) is 10.3. The Kier molecular flexibility index (Phi) is 7.33. The molecule has 9 rings (SSSR count). The number of aromatic amines is 1. The smallest absolute Gasteiger partial charge is 0.198 e. The molecular weight excluding hydrogens is 682 g/mol. The van der Waals surface area contributed by atoms with Crippen LogP contribution in [0.25, 0.3) is 89.7 Å². The fraction of sp³-hybridized carbons (Fsp3) is 0.200. The molecule has 53 heavy (non-hydrogen) atoms. The highest BCUT2D eigenvalue weighted by atomic mass is 19.2. The van der Waals surface area contributed by atoms with Crippen LogP contribution >= 0.6 is 0 Å². The number of fused-ring (bicyclic) bond motifs is 20. The number of hydrogen-bond donors (Lipinski definition) is 2. The lowest BCUT2D eigenvalue weighted by atomic mass is 9.86. The van der Waals surface area contributed by atoms with Gasteiger partial charge in [-0.1, -0.05) is 76.2 Å². The molecule has 0 spiro atoms. The Bertz CT molecular complexity index is 2910. The van der Waals surface area contributed by atoms with Crippen molar-refractivity contribution < 1.29 is 17.6 Å². The summed E-state index contributed by atoms with van der Waals surface area (Å²) in [7, 11) is 0. The first-order valence-electron chi connectivity index (χ1n) is 17.5. The molecule has 264 valence electrons. The van der Waals surface area contributed by atoms with Gasteiger partial charge < -0.3 is 10.8 Å². The molecule has 5 heterocycles. The third kappa shape index (κ3) is 4.49. The predicted octanol–water partition coefficient (Wildman–Crippen LogP) is 8.86. The van der Waals surface area contributed by atoms with Gasteiger partial charge in [-0.2, -0.15) is 0 Å². The Morgan fingerprint density at radius 2 is 0.906 bits per heavy atom. The second-order valence-corrected chi connectivity index (χ2v) is 13.0. The van der Waals surface area contributed by atoms with Gasteiger partial charge in [0.05, 0.1) is 11.1 Å². The minimum atomic E-state index is -1.99. The summed E-state index contributed by atoms with van der Waals surface area (Å²) in [6, 6.07) is 14.7. The molecule has 0 fully saturated rings. The van der Waals surface area contributed by atoms with Crippen molar-refractivity contribution in [2.75, 3.05) is 5.84 Å². The van der Waals surface area contributed by atoms with Crippen LogP contribution in [0.15, 0.2) is 48.5 Å². The maximum Gasteiger partial charge on any atom is 0.198 e. The van der Waals surface area contributed by atoms with E-state index in [1.807, 2.05) is 31.2 Å². The van der Waals surface area contributed by atoms with Gasteiger partial charge in [0.1, 0.15) is 11.3 Å². The SMILES string of the molecule is CCc1c(CC)c(CC)c2c3nc4nc(nc5c6ccccc6c(nc6nc(nc([nH]3)c2c1CC)-c1ccccc1-6)n5N)-c1c(F)c(F)c(F)c(F)c1-4. The van der Waals surface area contributed by atoms with Gasteiger partial charge in [0.25, 0.3) is 0 Å². The van der Waals surface area contributed by atoms with E-state index in [-0.39, 0.29) is 16.9 Å². The second-order valence-electron chi connectivity index (χ2n) is 13.0. The number of nitrogens with one attached hydrogen (secondary N) is 1. The highest BCUT2D eigenvalue weighted by molar-refractivity contribution is 6.10. The van der Waals surface area contributed by atoms with Crippen LogP contribution < -0.4 is 5.84 Å². The quantitative estimate of drug-likeness (QED) is 0.0808. The third-order valence-electron chi connectivity index (χ3n) is 10.3. The van der Waals surface area contributed by atoms with Gasteiger partial charge in [-0.25, -0.2) is 52.1 Å². The van der Waals surface area contributed by atoms with Gasteiger partial charge in [0.15, 0.2) is 57.9 Å². The summed E-state index contributed by atoms with van der Waals surface area (Å²) in [5.41, 5.74) is 5.62. The molecule has 7 aromatic rings. The summed E-state index contributed by atoms with van der Waals surface area (Å²) in [4.78, 5) is 32.2. The average Bonchev–Trinajstić information content (AvgIpc) is 3.89. The summed E-state index contributed by atoms with van der Waals surface area (Å²) in [5.74, 6) is -0.661. The van der Waals surface area contributed by atoms with E-state index in [4.69, 9.17) is 25.8 Å². The molecule has 0 aliphatic carbocycles. The number of aryl methyl sites for hydroxylation is 2. The number of rotatable bonds is 4. The van der Waals surface area contributed by atoms with Crippen LogP contribution in [0.2, 0.25) is 0 Å². The minimum Gasteiger partial charge on any atom is -0.336 e. The number of H-pyrrole nitrogens is 1. The summed E-state index contributed by atoms with van der Waals surface area (Å²) in [5, 5.41) is 2.61. The topological polar surface area (TPSA) is 124 Å². The van der Waals surface area contributed by atoms with Crippen LogP contribution in [-0.2, 0) is 25.7 Å². The van der Waals surface area contributed by atoms with E-state index < -0.39 is 46.0 Å². The van der Waals surface area contributed by atoms with Gasteiger partial charge in [0.2, 0.25) is 0 Å². The highest BCUT2D eigenvalue weighted by Gasteiger charge is 2.34. The zero-order valence-electron chi connectivity index (χ0n) is 29.2. The average molecular weight is 714 g/mol. The summed E-state index contributed by atoms with van der Waals surface area (Å²) in [6.45, 7) is 8.33. The minimum absolute atomic E-state index is 0.0656. The normalized spacial score (nSPS) is 12.2. The Hall–Kier alpha value is -6.24. The summed E-state index contributed by atoms with van der Waals surface area (Å²) >= 11 is 0. The zero-order chi connectivity index (χ0) is 36.9. The van der Waals surface area contributed by atoms with Gasteiger partial charge in [-0.15, -0.1) is 0 Å². The molecule has 9 nitrogen and oxygen atoms in total. The fourth-order valence-electron chi connectivity index (χ4n) is 8.09. The van der Waals surface area contributed by atoms with E-state index in [9.17, 15) is 4.39 Å². The molecule has 0 saturated heterocycles. The first-order chi connectivity index (χ1) is 25.7. The van der Waals surface area contributed by atoms with Crippen molar-refractivity contribution in [3.05, 3.63) is 94.1 Å². The number of benzene rings is 4. The highest BCUT2D eigenvalue weighted by Crippen LogP contribution is 2.43. The van der Waals surface area contributed by atoms with Crippen LogP contribution in [-0.4, -0.2) is 39.6 Å². The van der Waals surface area contributed by atoms with Crippen molar-refractivity contribution in [2.45, 2.75) is 53.4 Å². The first-order valence-corrected chi connectivity index (χ1v) is 17.5. The molecule has 0 unspecified atom stereocenters. The number of halogens is 4. The van der Waals surface area contributed by atoms with Gasteiger partial charge in [0, 0.05) is 32.7 Å². The largest absolute Gasteiger partial charge is 0.336 e. The van der Waals surface area contributed by atoms with Crippen molar-refractivity contribution in [1.29, 1.82) is 0 Å². The first kappa shape index (κ1) is 32.7. The second kappa shape index (κ2) is 11.9. The standard InChI is InChI=1S/C40H31F4N9/c1-5-17-18(6-2)20(8-4)26-25(19(17)7-3)35-47-33-21-13-9-10-14-22(21)34(46-33)51-39-23-15-11-12-16-24(23)40(53(39)45)52-38-28-27(37(50-38)49-36(26)48-35)29(41)31(43)32(44)30(28)42/h9-16H,5-8,45H2,1-4H3,(H,46,47,48,49,50,51,52). The molecule has 0 atom stereocenters. The van der Waals surface area contributed by atoms with Crippen molar-refractivity contribution in [1.82, 2.24) is 39.6 Å². The van der Waals surface area contributed by atoms with Gasteiger partial charge in [-0.05, 0) is 47.9 Å². The van der Waals surface area contributed by atoms with E-state index in [1.54, 1.807) is 24.3 Å².